The van der Waals surface area contributed by atoms with Gasteiger partial charge in [0.25, 0.3) is 0 Å². The van der Waals surface area contributed by atoms with E-state index in [9.17, 15) is 0 Å². The first-order valence-corrected chi connectivity index (χ1v) is 8.45. The molecule has 0 aromatic heterocycles. The summed E-state index contributed by atoms with van der Waals surface area (Å²) in [6.07, 6.45) is 9.60. The molecule has 0 amide bonds. The molecular formula is C18H28ClN. The second-order valence-corrected chi connectivity index (χ2v) is 6.74. The quantitative estimate of drug-likeness (QED) is 0.767. The van der Waals surface area contributed by atoms with Gasteiger partial charge in [0, 0.05) is 11.1 Å². The Labute approximate surface area is 129 Å². The van der Waals surface area contributed by atoms with Gasteiger partial charge in [0.1, 0.15) is 0 Å². The van der Waals surface area contributed by atoms with Crippen LogP contribution in [0.2, 0.25) is 5.02 Å². The Morgan fingerprint density at radius 3 is 2.15 bits per heavy atom. The Bertz CT molecular complexity index is 433. The van der Waals surface area contributed by atoms with Crippen molar-refractivity contribution >= 4 is 11.6 Å². The third kappa shape index (κ3) is 3.77. The maximum absolute atomic E-state index is 6.53. The minimum absolute atomic E-state index is 0.403. The minimum Gasteiger partial charge on any atom is -0.313 e. The predicted octanol–water partition coefficient (Wildman–Crippen LogP) is 5.58. The molecule has 1 nitrogen and oxygen atoms in total. The summed E-state index contributed by atoms with van der Waals surface area (Å²) >= 11 is 6.53. The van der Waals surface area contributed by atoms with Gasteiger partial charge in [-0.1, -0.05) is 49.8 Å². The van der Waals surface area contributed by atoms with Crippen LogP contribution in [0, 0.1) is 19.8 Å². The largest absolute Gasteiger partial charge is 0.313 e. The van der Waals surface area contributed by atoms with E-state index in [-0.39, 0.29) is 0 Å². The molecule has 0 saturated heterocycles. The molecule has 1 saturated carbocycles. The van der Waals surface area contributed by atoms with Crippen molar-refractivity contribution in [3.8, 4) is 0 Å². The number of aryl methyl sites for hydroxylation is 2. The maximum Gasteiger partial charge on any atom is 0.0456 e. The summed E-state index contributed by atoms with van der Waals surface area (Å²) in [6.45, 7) is 4.31. The number of halogens is 1. The lowest BCUT2D eigenvalue weighted by Crippen LogP contribution is -2.26. The van der Waals surface area contributed by atoms with E-state index in [2.05, 4.69) is 38.3 Å². The first kappa shape index (κ1) is 15.9. The van der Waals surface area contributed by atoms with Gasteiger partial charge in [0.2, 0.25) is 0 Å². The highest BCUT2D eigenvalue weighted by Gasteiger charge is 2.24. The summed E-state index contributed by atoms with van der Waals surface area (Å²) in [7, 11) is 2.08. The topological polar surface area (TPSA) is 12.0 Å². The van der Waals surface area contributed by atoms with Crippen molar-refractivity contribution in [1.29, 1.82) is 0 Å². The molecule has 1 aromatic carbocycles. The normalized spacial score (nSPS) is 19.4. The van der Waals surface area contributed by atoms with Crippen molar-refractivity contribution in [3.05, 3.63) is 33.8 Å². The molecule has 0 radical (unpaired) electrons. The van der Waals surface area contributed by atoms with Gasteiger partial charge in [-0.2, -0.15) is 0 Å². The first-order chi connectivity index (χ1) is 9.63. The third-order valence-electron chi connectivity index (χ3n) is 4.88. The Hall–Kier alpha value is -0.530. The van der Waals surface area contributed by atoms with Crippen LogP contribution in [0.25, 0.3) is 0 Å². The van der Waals surface area contributed by atoms with E-state index in [1.54, 1.807) is 0 Å². The highest BCUT2D eigenvalue weighted by atomic mass is 35.5. The maximum atomic E-state index is 6.53. The third-order valence-corrected chi connectivity index (χ3v) is 5.21. The molecule has 1 aliphatic rings. The van der Waals surface area contributed by atoms with E-state index >= 15 is 0 Å². The molecule has 0 spiro atoms. The summed E-state index contributed by atoms with van der Waals surface area (Å²) in [5, 5.41) is 4.46. The van der Waals surface area contributed by atoms with E-state index < -0.39 is 0 Å². The van der Waals surface area contributed by atoms with E-state index in [1.165, 1.54) is 61.6 Å². The van der Waals surface area contributed by atoms with Crippen LogP contribution in [0.1, 0.15) is 67.7 Å². The SMILES string of the molecule is CNC(c1cc(C)c(C)cc1Cl)C1CCCCCCC1. The molecule has 0 aliphatic heterocycles. The molecule has 20 heavy (non-hydrogen) atoms. The molecule has 2 heteroatoms. The number of hydrogen-bond donors (Lipinski definition) is 1. The molecule has 112 valence electrons. The fourth-order valence-electron chi connectivity index (χ4n) is 3.51. The summed E-state index contributed by atoms with van der Waals surface area (Å²) in [6, 6.07) is 4.82. The van der Waals surface area contributed by atoms with Gasteiger partial charge in [-0.25, -0.2) is 0 Å². The van der Waals surface area contributed by atoms with Crippen LogP contribution in [0.15, 0.2) is 12.1 Å². The number of rotatable bonds is 3. The lowest BCUT2D eigenvalue weighted by Gasteiger charge is -2.30. The van der Waals surface area contributed by atoms with Gasteiger partial charge in [-0.15, -0.1) is 0 Å². The van der Waals surface area contributed by atoms with E-state index in [4.69, 9.17) is 11.6 Å². The van der Waals surface area contributed by atoms with Crippen LogP contribution >= 0.6 is 11.6 Å². The van der Waals surface area contributed by atoms with Crippen LogP contribution in [-0.4, -0.2) is 7.05 Å². The molecule has 2 rings (SSSR count). The van der Waals surface area contributed by atoms with E-state index in [0.29, 0.717) is 6.04 Å². The number of benzene rings is 1. The molecule has 1 aliphatic carbocycles. The molecule has 1 unspecified atom stereocenters. The van der Waals surface area contributed by atoms with Gasteiger partial charge >= 0.3 is 0 Å². The zero-order valence-electron chi connectivity index (χ0n) is 13.1. The van der Waals surface area contributed by atoms with Gasteiger partial charge in [-0.3, -0.25) is 0 Å². The summed E-state index contributed by atoms with van der Waals surface area (Å²) < 4.78 is 0. The molecule has 1 atom stereocenters. The average molecular weight is 294 g/mol. The lowest BCUT2D eigenvalue weighted by molar-refractivity contribution is 0.299. The van der Waals surface area contributed by atoms with E-state index in [0.717, 1.165) is 10.9 Å². The van der Waals surface area contributed by atoms with Crippen LogP contribution in [0.4, 0.5) is 0 Å². The van der Waals surface area contributed by atoms with Crippen molar-refractivity contribution in [2.24, 2.45) is 5.92 Å². The predicted molar refractivity (Wildman–Crippen MR) is 88.5 cm³/mol. The Morgan fingerprint density at radius 2 is 1.55 bits per heavy atom. The number of hydrogen-bond acceptors (Lipinski definition) is 1. The number of nitrogens with one attached hydrogen (secondary N) is 1. The second kappa shape index (κ2) is 7.47. The minimum atomic E-state index is 0.403. The molecule has 0 heterocycles. The Morgan fingerprint density at radius 1 is 1.00 bits per heavy atom. The molecule has 1 aromatic rings. The lowest BCUT2D eigenvalue weighted by atomic mass is 9.82. The standard InChI is InChI=1S/C18H28ClN/c1-13-11-16(17(19)12-14(13)2)18(20-3)15-9-7-5-4-6-8-10-15/h11-12,15,18,20H,4-10H2,1-3H3. The highest BCUT2D eigenvalue weighted by Crippen LogP contribution is 2.36. The smallest absolute Gasteiger partial charge is 0.0456 e. The first-order valence-electron chi connectivity index (χ1n) is 8.07. The van der Waals surface area contributed by atoms with Crippen molar-refractivity contribution in [2.75, 3.05) is 7.05 Å². The van der Waals surface area contributed by atoms with Gasteiger partial charge < -0.3 is 5.32 Å². The van der Waals surface area contributed by atoms with Crippen molar-refractivity contribution in [1.82, 2.24) is 5.32 Å². The van der Waals surface area contributed by atoms with Crippen LogP contribution < -0.4 is 5.32 Å². The monoisotopic (exact) mass is 293 g/mol. The fourth-order valence-corrected chi connectivity index (χ4v) is 3.84. The van der Waals surface area contributed by atoms with Gasteiger partial charge in [0.15, 0.2) is 0 Å². The van der Waals surface area contributed by atoms with Crippen molar-refractivity contribution in [2.45, 2.75) is 64.8 Å². The Kier molecular flexibility index (Phi) is 5.92. The molecule has 1 fully saturated rings. The highest BCUT2D eigenvalue weighted by molar-refractivity contribution is 6.31. The summed E-state index contributed by atoms with van der Waals surface area (Å²) in [5.74, 6) is 0.722. The summed E-state index contributed by atoms with van der Waals surface area (Å²) in [4.78, 5) is 0. The van der Waals surface area contributed by atoms with Crippen LogP contribution in [-0.2, 0) is 0 Å². The van der Waals surface area contributed by atoms with Crippen LogP contribution in [0.3, 0.4) is 0 Å². The Balaban J connectivity index is 2.24. The zero-order chi connectivity index (χ0) is 14.5. The molecule has 1 N–H and O–H groups in total. The van der Waals surface area contributed by atoms with Crippen LogP contribution in [0.5, 0.6) is 0 Å². The van der Waals surface area contributed by atoms with Crippen molar-refractivity contribution < 1.29 is 0 Å². The van der Waals surface area contributed by atoms with E-state index in [1.807, 2.05) is 0 Å². The molecule has 0 bridgehead atoms. The zero-order valence-corrected chi connectivity index (χ0v) is 13.9. The van der Waals surface area contributed by atoms with Gasteiger partial charge in [-0.05, 0) is 62.4 Å². The summed E-state index contributed by atoms with van der Waals surface area (Å²) in [5.41, 5.74) is 3.92. The van der Waals surface area contributed by atoms with Crippen molar-refractivity contribution in [3.63, 3.8) is 0 Å². The fraction of sp³-hybridized carbons (Fsp3) is 0.667. The molecular weight excluding hydrogens is 266 g/mol. The second-order valence-electron chi connectivity index (χ2n) is 6.33. The van der Waals surface area contributed by atoms with Gasteiger partial charge in [0.05, 0.1) is 0 Å². The average Bonchev–Trinajstić information content (AvgIpc) is 2.38.